The zero-order valence-corrected chi connectivity index (χ0v) is 12.5. The standard InChI is InChI=1S/C15H21ClN2O2/c1-11-8-12(15(20)18-6-2-3-7-18)4-5-14(11)17-10-13(19)9-16/h4-5,8,13,17,19H,2-3,6-7,9-10H2,1H3. The van der Waals surface area contributed by atoms with E-state index in [0.29, 0.717) is 6.54 Å². The van der Waals surface area contributed by atoms with Crippen LogP contribution in [0.5, 0.6) is 0 Å². The van der Waals surface area contributed by atoms with Crippen LogP contribution in [-0.2, 0) is 0 Å². The molecule has 1 aliphatic heterocycles. The Kier molecular flexibility index (Phi) is 5.26. The largest absolute Gasteiger partial charge is 0.390 e. The van der Waals surface area contributed by atoms with Gasteiger partial charge in [-0.3, -0.25) is 4.79 Å². The summed E-state index contributed by atoms with van der Waals surface area (Å²) in [7, 11) is 0. The van der Waals surface area contributed by atoms with E-state index in [9.17, 15) is 9.90 Å². The van der Waals surface area contributed by atoms with Gasteiger partial charge in [0.25, 0.3) is 5.91 Å². The average Bonchev–Trinajstić information content (AvgIpc) is 2.98. The zero-order valence-electron chi connectivity index (χ0n) is 11.7. The van der Waals surface area contributed by atoms with Crippen molar-refractivity contribution in [3.05, 3.63) is 29.3 Å². The number of carbonyl (C=O) groups is 1. The van der Waals surface area contributed by atoms with Gasteiger partial charge in [-0.05, 0) is 43.5 Å². The van der Waals surface area contributed by atoms with Gasteiger partial charge in [0.2, 0.25) is 0 Å². The third-order valence-corrected chi connectivity index (χ3v) is 3.93. The van der Waals surface area contributed by atoms with Gasteiger partial charge in [-0.25, -0.2) is 0 Å². The van der Waals surface area contributed by atoms with Crippen LogP contribution in [0.15, 0.2) is 18.2 Å². The van der Waals surface area contributed by atoms with Crippen LogP contribution in [-0.4, -0.2) is 47.5 Å². The number of aryl methyl sites for hydroxylation is 1. The molecule has 110 valence electrons. The van der Waals surface area contributed by atoms with Crippen LogP contribution in [0, 0.1) is 6.92 Å². The fourth-order valence-electron chi connectivity index (χ4n) is 2.38. The Labute approximate surface area is 124 Å². The lowest BCUT2D eigenvalue weighted by Gasteiger charge is -2.17. The van der Waals surface area contributed by atoms with Crippen LogP contribution in [0.3, 0.4) is 0 Å². The second-order valence-electron chi connectivity index (χ2n) is 5.22. The molecule has 1 aliphatic rings. The molecule has 1 heterocycles. The van der Waals surface area contributed by atoms with E-state index in [0.717, 1.165) is 42.7 Å². The molecule has 0 spiro atoms. The number of rotatable bonds is 5. The van der Waals surface area contributed by atoms with Crippen molar-refractivity contribution in [2.24, 2.45) is 0 Å². The van der Waals surface area contributed by atoms with Crippen LogP contribution in [0.4, 0.5) is 5.69 Å². The van der Waals surface area contributed by atoms with Crippen molar-refractivity contribution in [3.8, 4) is 0 Å². The Balaban J connectivity index is 2.03. The van der Waals surface area contributed by atoms with E-state index in [-0.39, 0.29) is 11.8 Å². The number of hydrogen-bond acceptors (Lipinski definition) is 3. The molecule has 1 aromatic carbocycles. The van der Waals surface area contributed by atoms with Crippen LogP contribution in [0.25, 0.3) is 0 Å². The number of carbonyl (C=O) groups excluding carboxylic acids is 1. The lowest BCUT2D eigenvalue weighted by molar-refractivity contribution is 0.0792. The molecular weight excluding hydrogens is 276 g/mol. The molecule has 1 saturated heterocycles. The van der Waals surface area contributed by atoms with Gasteiger partial charge in [-0.2, -0.15) is 0 Å². The molecule has 1 atom stereocenters. The summed E-state index contributed by atoms with van der Waals surface area (Å²) in [5.41, 5.74) is 2.65. The highest BCUT2D eigenvalue weighted by molar-refractivity contribution is 6.18. The molecule has 5 heteroatoms. The topological polar surface area (TPSA) is 52.6 Å². The van der Waals surface area contributed by atoms with E-state index in [1.807, 2.05) is 30.0 Å². The number of benzene rings is 1. The second-order valence-corrected chi connectivity index (χ2v) is 5.53. The molecular formula is C15H21ClN2O2. The third-order valence-electron chi connectivity index (χ3n) is 3.57. The summed E-state index contributed by atoms with van der Waals surface area (Å²) in [5.74, 6) is 0.315. The van der Waals surface area contributed by atoms with Gasteiger partial charge in [0.05, 0.1) is 12.0 Å². The lowest BCUT2D eigenvalue weighted by Crippen LogP contribution is -2.27. The van der Waals surface area contributed by atoms with Gasteiger partial charge in [0, 0.05) is 30.9 Å². The fraction of sp³-hybridized carbons (Fsp3) is 0.533. The number of hydrogen-bond donors (Lipinski definition) is 2. The normalized spacial score (nSPS) is 16.2. The minimum atomic E-state index is -0.568. The number of aliphatic hydroxyl groups excluding tert-OH is 1. The molecule has 0 radical (unpaired) electrons. The first kappa shape index (κ1) is 15.1. The smallest absolute Gasteiger partial charge is 0.253 e. The van der Waals surface area contributed by atoms with Gasteiger partial charge < -0.3 is 15.3 Å². The number of nitrogens with one attached hydrogen (secondary N) is 1. The second kappa shape index (κ2) is 6.95. The quantitative estimate of drug-likeness (QED) is 0.820. The number of aliphatic hydroxyl groups is 1. The number of nitrogens with zero attached hydrogens (tertiary/aromatic N) is 1. The SMILES string of the molecule is Cc1cc(C(=O)N2CCCC2)ccc1NCC(O)CCl. The maximum Gasteiger partial charge on any atom is 0.253 e. The molecule has 1 unspecified atom stereocenters. The van der Waals surface area contributed by atoms with Crippen LogP contribution < -0.4 is 5.32 Å². The monoisotopic (exact) mass is 296 g/mol. The molecule has 1 fully saturated rings. The summed E-state index contributed by atoms with van der Waals surface area (Å²) in [6.07, 6.45) is 1.63. The van der Waals surface area contributed by atoms with Crippen LogP contribution in [0.1, 0.15) is 28.8 Å². The first-order valence-corrected chi connectivity index (χ1v) is 7.53. The van der Waals surface area contributed by atoms with E-state index in [1.54, 1.807) is 0 Å². The summed E-state index contributed by atoms with van der Waals surface area (Å²) < 4.78 is 0. The van der Waals surface area contributed by atoms with Gasteiger partial charge in [0.1, 0.15) is 0 Å². The summed E-state index contributed by atoms with van der Waals surface area (Å²) in [6.45, 7) is 4.08. The fourth-order valence-corrected chi connectivity index (χ4v) is 2.49. The molecule has 0 bridgehead atoms. The molecule has 1 amide bonds. The van der Waals surface area contributed by atoms with E-state index < -0.39 is 6.10 Å². The van der Waals surface area contributed by atoms with Crippen molar-refractivity contribution in [1.82, 2.24) is 4.90 Å². The Hall–Kier alpha value is -1.26. The Bertz CT molecular complexity index is 473. The predicted octanol–water partition coefficient (Wildman–Crippen LogP) is 2.24. The number of halogens is 1. The van der Waals surface area contributed by atoms with Gasteiger partial charge in [-0.1, -0.05) is 0 Å². The predicted molar refractivity (Wildman–Crippen MR) is 81.5 cm³/mol. The summed E-state index contributed by atoms with van der Waals surface area (Å²) in [4.78, 5) is 14.2. The van der Waals surface area contributed by atoms with Gasteiger partial charge in [0.15, 0.2) is 0 Å². The summed E-state index contributed by atoms with van der Waals surface area (Å²) in [6, 6.07) is 5.62. The number of anilines is 1. The first-order chi connectivity index (χ1) is 9.61. The molecule has 1 aromatic rings. The molecule has 4 nitrogen and oxygen atoms in total. The van der Waals surface area contributed by atoms with Crippen LogP contribution >= 0.6 is 11.6 Å². The zero-order chi connectivity index (χ0) is 14.5. The average molecular weight is 297 g/mol. The van der Waals surface area contributed by atoms with Crippen molar-refractivity contribution in [1.29, 1.82) is 0 Å². The highest BCUT2D eigenvalue weighted by Crippen LogP contribution is 2.19. The molecule has 2 N–H and O–H groups in total. The number of likely N-dealkylation sites (tertiary alicyclic amines) is 1. The Morgan fingerprint density at radius 1 is 1.45 bits per heavy atom. The molecule has 2 rings (SSSR count). The van der Waals surface area contributed by atoms with Crippen molar-refractivity contribution >= 4 is 23.2 Å². The Morgan fingerprint density at radius 3 is 2.75 bits per heavy atom. The third kappa shape index (κ3) is 3.64. The minimum absolute atomic E-state index is 0.109. The van der Waals surface area contributed by atoms with E-state index >= 15 is 0 Å². The molecule has 0 saturated carbocycles. The maximum atomic E-state index is 12.3. The first-order valence-electron chi connectivity index (χ1n) is 6.99. The number of alkyl halides is 1. The lowest BCUT2D eigenvalue weighted by atomic mass is 10.1. The summed E-state index contributed by atoms with van der Waals surface area (Å²) >= 11 is 5.56. The van der Waals surface area contributed by atoms with E-state index in [1.165, 1.54) is 0 Å². The molecule has 0 aromatic heterocycles. The van der Waals surface area contributed by atoms with Crippen molar-refractivity contribution < 1.29 is 9.90 Å². The maximum absolute atomic E-state index is 12.3. The summed E-state index contributed by atoms with van der Waals surface area (Å²) in [5, 5.41) is 12.6. The van der Waals surface area contributed by atoms with Crippen LogP contribution in [0.2, 0.25) is 0 Å². The minimum Gasteiger partial charge on any atom is -0.390 e. The van der Waals surface area contributed by atoms with Crippen molar-refractivity contribution in [3.63, 3.8) is 0 Å². The van der Waals surface area contributed by atoms with Gasteiger partial charge >= 0.3 is 0 Å². The van der Waals surface area contributed by atoms with Gasteiger partial charge in [-0.15, -0.1) is 11.6 Å². The van der Waals surface area contributed by atoms with Crippen molar-refractivity contribution in [2.45, 2.75) is 25.9 Å². The number of amides is 1. The van der Waals surface area contributed by atoms with E-state index in [2.05, 4.69) is 5.32 Å². The molecule has 0 aliphatic carbocycles. The Morgan fingerprint density at radius 2 is 2.15 bits per heavy atom. The highest BCUT2D eigenvalue weighted by Gasteiger charge is 2.19. The van der Waals surface area contributed by atoms with E-state index in [4.69, 9.17) is 11.6 Å². The van der Waals surface area contributed by atoms with Crippen molar-refractivity contribution in [2.75, 3.05) is 30.8 Å². The highest BCUT2D eigenvalue weighted by atomic mass is 35.5. The molecule has 20 heavy (non-hydrogen) atoms.